The lowest BCUT2D eigenvalue weighted by Gasteiger charge is -2.04. The fraction of sp³-hybridized carbons (Fsp3) is 0.846. The van der Waals surface area contributed by atoms with Crippen molar-refractivity contribution in [1.29, 1.82) is 0 Å². The topological polar surface area (TPSA) is 107 Å². The molecule has 0 spiro atoms. The molecule has 124 valence electrons. The van der Waals surface area contributed by atoms with Gasteiger partial charge in [-0.25, -0.2) is 0 Å². The minimum atomic E-state index is -4.81. The van der Waals surface area contributed by atoms with E-state index < -0.39 is 28.8 Å². The summed E-state index contributed by atoms with van der Waals surface area (Å²) in [5.74, 6) is -1.78. The minimum absolute atomic E-state index is 0.273. The Morgan fingerprint density at radius 1 is 0.905 bits per heavy atom. The maximum atomic E-state index is 11.2. The number of ether oxygens (including phenoxy) is 1. The molecule has 21 heavy (non-hydrogen) atoms. The van der Waals surface area contributed by atoms with Gasteiger partial charge in [0.1, 0.15) is 0 Å². The summed E-state index contributed by atoms with van der Waals surface area (Å²) in [5.41, 5.74) is 0. The molecule has 0 amide bonds. The van der Waals surface area contributed by atoms with E-state index in [0.29, 0.717) is 6.61 Å². The molecule has 0 saturated carbocycles. The van der Waals surface area contributed by atoms with Gasteiger partial charge in [-0.15, -0.1) is 0 Å². The fourth-order valence-corrected chi connectivity index (χ4v) is 2.00. The lowest BCUT2D eigenvalue weighted by Crippen LogP contribution is -2.14. The van der Waals surface area contributed by atoms with Crippen LogP contribution in [0.3, 0.4) is 0 Å². The van der Waals surface area contributed by atoms with Crippen LogP contribution in [0.4, 0.5) is 0 Å². The third-order valence-electron chi connectivity index (χ3n) is 2.74. The molecular formula is C13H24O7S. The van der Waals surface area contributed by atoms with Crippen LogP contribution in [-0.4, -0.2) is 31.5 Å². The summed E-state index contributed by atoms with van der Waals surface area (Å²) >= 11 is 0. The van der Waals surface area contributed by atoms with E-state index in [0.717, 1.165) is 19.3 Å². The van der Waals surface area contributed by atoms with E-state index in [1.807, 2.05) is 0 Å². The fourth-order valence-electron chi connectivity index (χ4n) is 1.68. The van der Waals surface area contributed by atoms with E-state index in [-0.39, 0.29) is 6.42 Å². The summed E-state index contributed by atoms with van der Waals surface area (Å²) in [6.07, 6.45) is 7.01. The first-order valence-corrected chi connectivity index (χ1v) is 8.57. The molecule has 0 aliphatic carbocycles. The van der Waals surface area contributed by atoms with Crippen molar-refractivity contribution in [3.63, 3.8) is 0 Å². The van der Waals surface area contributed by atoms with E-state index in [2.05, 4.69) is 11.1 Å². The predicted molar refractivity (Wildman–Crippen MR) is 75.8 cm³/mol. The Balaban J connectivity index is 3.49. The molecule has 0 radical (unpaired) electrons. The predicted octanol–water partition coefficient (Wildman–Crippen LogP) is 2.41. The Hall–Kier alpha value is -1.15. The van der Waals surface area contributed by atoms with Crippen LogP contribution in [0.5, 0.6) is 0 Å². The number of carbonyl (C=O) groups is 2. The van der Waals surface area contributed by atoms with E-state index in [1.165, 1.54) is 25.7 Å². The lowest BCUT2D eigenvalue weighted by molar-refractivity contribution is -0.147. The molecule has 0 aromatic rings. The Morgan fingerprint density at radius 2 is 1.43 bits per heavy atom. The van der Waals surface area contributed by atoms with Crippen LogP contribution in [0.1, 0.15) is 64.7 Å². The molecule has 1 N–H and O–H groups in total. The number of unbranched alkanes of at least 4 members (excludes halogenated alkanes) is 6. The maximum absolute atomic E-state index is 11.2. The minimum Gasteiger partial charge on any atom is -0.466 e. The van der Waals surface area contributed by atoms with Gasteiger partial charge in [-0.2, -0.15) is 8.42 Å². The zero-order valence-electron chi connectivity index (χ0n) is 12.4. The van der Waals surface area contributed by atoms with Crippen molar-refractivity contribution in [3.05, 3.63) is 0 Å². The second-order valence-electron chi connectivity index (χ2n) is 4.72. The zero-order chi connectivity index (χ0) is 16.1. The smallest absolute Gasteiger partial charge is 0.448 e. The first-order valence-electron chi connectivity index (χ1n) is 7.20. The van der Waals surface area contributed by atoms with Gasteiger partial charge < -0.3 is 8.92 Å². The highest BCUT2D eigenvalue weighted by molar-refractivity contribution is 7.81. The van der Waals surface area contributed by atoms with Gasteiger partial charge in [0.2, 0.25) is 0 Å². The molecule has 0 saturated heterocycles. The van der Waals surface area contributed by atoms with Gasteiger partial charge in [-0.05, 0) is 6.42 Å². The second kappa shape index (κ2) is 11.5. The van der Waals surface area contributed by atoms with Crippen LogP contribution in [0, 0.1) is 0 Å². The summed E-state index contributed by atoms with van der Waals surface area (Å²) in [6.45, 7) is 2.45. The number of carbonyl (C=O) groups excluding carboxylic acids is 2. The summed E-state index contributed by atoms with van der Waals surface area (Å²) in [5, 5.41) is 0. The molecular weight excluding hydrogens is 300 g/mol. The highest BCUT2D eigenvalue weighted by Gasteiger charge is 2.15. The summed E-state index contributed by atoms with van der Waals surface area (Å²) in [7, 11) is -4.81. The summed E-state index contributed by atoms with van der Waals surface area (Å²) in [4.78, 5) is 22.1. The summed E-state index contributed by atoms with van der Waals surface area (Å²) < 4.78 is 37.2. The van der Waals surface area contributed by atoms with Crippen LogP contribution in [-0.2, 0) is 28.9 Å². The third kappa shape index (κ3) is 15.1. The van der Waals surface area contributed by atoms with Crippen LogP contribution in [0.15, 0.2) is 0 Å². The number of hydrogen-bond donors (Lipinski definition) is 1. The normalized spacial score (nSPS) is 11.1. The standard InChI is InChI=1S/C13H24O7S/c1-2-3-4-5-6-7-8-11-19-12(14)9-10-13(15)20-21(16,17)18/h2-11H2,1H3,(H,16,17,18). The molecule has 0 heterocycles. The van der Waals surface area contributed by atoms with Gasteiger partial charge in [0.05, 0.1) is 19.4 Å². The van der Waals surface area contributed by atoms with Crippen molar-refractivity contribution < 1.29 is 31.5 Å². The highest BCUT2D eigenvalue weighted by atomic mass is 32.3. The molecule has 8 heteroatoms. The van der Waals surface area contributed by atoms with E-state index in [4.69, 9.17) is 9.29 Å². The lowest BCUT2D eigenvalue weighted by atomic mass is 10.1. The second-order valence-corrected chi connectivity index (χ2v) is 5.75. The first-order chi connectivity index (χ1) is 9.85. The van der Waals surface area contributed by atoms with Crippen molar-refractivity contribution in [2.24, 2.45) is 0 Å². The average Bonchev–Trinajstić information content (AvgIpc) is 2.37. The van der Waals surface area contributed by atoms with Crippen LogP contribution in [0.25, 0.3) is 0 Å². The van der Waals surface area contributed by atoms with E-state index >= 15 is 0 Å². The zero-order valence-corrected chi connectivity index (χ0v) is 13.2. The van der Waals surface area contributed by atoms with Crippen molar-refractivity contribution >= 4 is 22.3 Å². The Labute approximate surface area is 126 Å². The molecule has 0 fully saturated rings. The third-order valence-corrected chi connectivity index (χ3v) is 3.14. The largest absolute Gasteiger partial charge is 0.466 e. The first kappa shape index (κ1) is 19.9. The molecule has 0 aliphatic heterocycles. The van der Waals surface area contributed by atoms with Crippen LogP contribution in [0.2, 0.25) is 0 Å². The van der Waals surface area contributed by atoms with Crippen molar-refractivity contribution in [2.45, 2.75) is 64.7 Å². The van der Waals surface area contributed by atoms with Gasteiger partial charge in [0, 0.05) is 0 Å². The molecule has 7 nitrogen and oxygen atoms in total. The van der Waals surface area contributed by atoms with Gasteiger partial charge in [-0.1, -0.05) is 45.4 Å². The van der Waals surface area contributed by atoms with Gasteiger partial charge >= 0.3 is 22.3 Å². The van der Waals surface area contributed by atoms with E-state index in [9.17, 15) is 18.0 Å². The van der Waals surface area contributed by atoms with Gasteiger partial charge in [0.25, 0.3) is 0 Å². The molecule has 0 rings (SSSR count). The molecule has 0 aliphatic rings. The quantitative estimate of drug-likeness (QED) is 0.333. The summed E-state index contributed by atoms with van der Waals surface area (Å²) in [6, 6.07) is 0. The molecule has 0 atom stereocenters. The SMILES string of the molecule is CCCCCCCCCOC(=O)CCC(=O)OS(=O)(=O)O. The molecule has 0 aromatic carbocycles. The molecule has 0 aromatic heterocycles. The highest BCUT2D eigenvalue weighted by Crippen LogP contribution is 2.07. The Bertz CT molecular complexity index is 403. The molecule has 0 unspecified atom stereocenters. The number of hydrogen-bond acceptors (Lipinski definition) is 6. The van der Waals surface area contributed by atoms with Gasteiger partial charge in [-0.3, -0.25) is 14.1 Å². The van der Waals surface area contributed by atoms with Crippen molar-refractivity contribution in [1.82, 2.24) is 0 Å². The van der Waals surface area contributed by atoms with Crippen molar-refractivity contribution in [2.75, 3.05) is 6.61 Å². The monoisotopic (exact) mass is 324 g/mol. The molecule has 0 bridgehead atoms. The number of esters is 1. The van der Waals surface area contributed by atoms with Gasteiger partial charge in [0.15, 0.2) is 0 Å². The Morgan fingerprint density at radius 3 is 2.00 bits per heavy atom. The van der Waals surface area contributed by atoms with Crippen molar-refractivity contribution in [3.8, 4) is 0 Å². The number of rotatable bonds is 12. The van der Waals surface area contributed by atoms with Crippen LogP contribution >= 0.6 is 0 Å². The maximum Gasteiger partial charge on any atom is 0.448 e. The van der Waals surface area contributed by atoms with Crippen LogP contribution < -0.4 is 0 Å². The Kier molecular flexibility index (Phi) is 10.9. The average molecular weight is 324 g/mol. The van der Waals surface area contributed by atoms with E-state index in [1.54, 1.807) is 0 Å².